The molecule has 0 fully saturated rings. The van der Waals surface area contributed by atoms with E-state index in [4.69, 9.17) is 0 Å². The van der Waals surface area contributed by atoms with Gasteiger partial charge < -0.3 is 10.6 Å². The SMILES string of the molecule is CC(=O)c1ccc(NC(=O)c2cnc(NC(C)c3ccccc3)nc2)cc1. The summed E-state index contributed by atoms with van der Waals surface area (Å²) in [6.45, 7) is 3.52. The van der Waals surface area contributed by atoms with Crippen LogP contribution in [0.25, 0.3) is 0 Å². The molecule has 1 aromatic heterocycles. The number of hydrogen-bond acceptors (Lipinski definition) is 5. The molecule has 0 aliphatic heterocycles. The van der Waals surface area contributed by atoms with Gasteiger partial charge in [-0.25, -0.2) is 9.97 Å². The standard InChI is InChI=1S/C21H20N4O2/c1-14(16-6-4-3-5-7-16)24-21-22-12-18(13-23-21)20(27)25-19-10-8-17(9-11-19)15(2)26/h3-14H,1-2H3,(H,25,27)(H,22,23,24). The molecule has 27 heavy (non-hydrogen) atoms. The minimum Gasteiger partial charge on any atom is -0.348 e. The molecule has 3 rings (SSSR count). The van der Waals surface area contributed by atoms with Gasteiger partial charge in [0, 0.05) is 23.6 Å². The summed E-state index contributed by atoms with van der Waals surface area (Å²) in [6, 6.07) is 16.7. The Morgan fingerprint density at radius 1 is 0.889 bits per heavy atom. The summed E-state index contributed by atoms with van der Waals surface area (Å²) in [5.74, 6) is 0.121. The average Bonchev–Trinajstić information content (AvgIpc) is 2.69. The molecular weight excluding hydrogens is 340 g/mol. The molecule has 0 bridgehead atoms. The molecular formula is C21H20N4O2. The van der Waals surface area contributed by atoms with Crippen LogP contribution in [-0.2, 0) is 0 Å². The topological polar surface area (TPSA) is 84.0 Å². The molecule has 6 heteroatoms. The van der Waals surface area contributed by atoms with E-state index in [-0.39, 0.29) is 17.7 Å². The van der Waals surface area contributed by atoms with E-state index in [1.807, 2.05) is 37.3 Å². The number of anilines is 2. The van der Waals surface area contributed by atoms with Crippen LogP contribution in [0.2, 0.25) is 0 Å². The third-order valence-corrected chi connectivity index (χ3v) is 4.11. The highest BCUT2D eigenvalue weighted by atomic mass is 16.1. The Bertz CT molecular complexity index is 923. The first kappa shape index (κ1) is 18.3. The van der Waals surface area contributed by atoms with E-state index in [0.717, 1.165) is 5.56 Å². The second-order valence-electron chi connectivity index (χ2n) is 6.16. The van der Waals surface area contributed by atoms with Crippen molar-refractivity contribution >= 4 is 23.3 Å². The highest BCUT2D eigenvalue weighted by molar-refractivity contribution is 6.04. The number of nitrogens with one attached hydrogen (secondary N) is 2. The molecule has 1 atom stereocenters. The van der Waals surface area contributed by atoms with Crippen LogP contribution in [0.5, 0.6) is 0 Å². The third kappa shape index (κ3) is 4.76. The van der Waals surface area contributed by atoms with Crippen molar-refractivity contribution in [3.05, 3.63) is 83.7 Å². The Balaban J connectivity index is 1.62. The Hall–Kier alpha value is -3.54. The van der Waals surface area contributed by atoms with Crippen molar-refractivity contribution in [2.24, 2.45) is 0 Å². The van der Waals surface area contributed by atoms with E-state index in [1.54, 1.807) is 24.3 Å². The fourth-order valence-corrected chi connectivity index (χ4v) is 2.53. The number of Topliss-reactive ketones (excluding diaryl/α,β-unsaturated/α-hetero) is 1. The summed E-state index contributed by atoms with van der Waals surface area (Å²) in [5.41, 5.74) is 2.67. The van der Waals surface area contributed by atoms with Gasteiger partial charge in [0.1, 0.15) is 0 Å². The van der Waals surface area contributed by atoms with Gasteiger partial charge in [-0.3, -0.25) is 9.59 Å². The quantitative estimate of drug-likeness (QED) is 0.647. The molecule has 136 valence electrons. The van der Waals surface area contributed by atoms with Crippen LogP contribution in [0, 0.1) is 0 Å². The Kier molecular flexibility index (Phi) is 5.56. The van der Waals surface area contributed by atoms with Gasteiger partial charge in [-0.15, -0.1) is 0 Å². The molecule has 3 aromatic rings. The lowest BCUT2D eigenvalue weighted by molar-refractivity contribution is 0.101. The minimum absolute atomic E-state index is 0.0194. The number of carbonyl (C=O) groups is 2. The molecule has 2 aromatic carbocycles. The number of amides is 1. The zero-order valence-electron chi connectivity index (χ0n) is 15.1. The molecule has 0 saturated carbocycles. The van der Waals surface area contributed by atoms with Gasteiger partial charge in [-0.05, 0) is 43.7 Å². The maximum Gasteiger partial charge on any atom is 0.258 e. The fourth-order valence-electron chi connectivity index (χ4n) is 2.53. The number of carbonyl (C=O) groups excluding carboxylic acids is 2. The first-order valence-corrected chi connectivity index (χ1v) is 8.59. The molecule has 0 saturated heterocycles. The lowest BCUT2D eigenvalue weighted by Crippen LogP contribution is -2.14. The van der Waals surface area contributed by atoms with E-state index in [2.05, 4.69) is 20.6 Å². The van der Waals surface area contributed by atoms with Crippen LogP contribution in [0.1, 0.15) is 46.2 Å². The van der Waals surface area contributed by atoms with Crippen molar-refractivity contribution in [1.82, 2.24) is 9.97 Å². The zero-order valence-corrected chi connectivity index (χ0v) is 15.1. The van der Waals surface area contributed by atoms with E-state index in [1.165, 1.54) is 19.3 Å². The predicted octanol–water partition coefficient (Wildman–Crippen LogP) is 4.10. The summed E-state index contributed by atoms with van der Waals surface area (Å²) < 4.78 is 0. The Morgan fingerprint density at radius 3 is 2.11 bits per heavy atom. The smallest absolute Gasteiger partial charge is 0.258 e. The van der Waals surface area contributed by atoms with Gasteiger partial charge in [0.15, 0.2) is 5.78 Å². The Labute approximate surface area is 157 Å². The van der Waals surface area contributed by atoms with Gasteiger partial charge in [0.05, 0.1) is 11.6 Å². The molecule has 6 nitrogen and oxygen atoms in total. The van der Waals surface area contributed by atoms with Crippen LogP contribution < -0.4 is 10.6 Å². The van der Waals surface area contributed by atoms with E-state index in [9.17, 15) is 9.59 Å². The largest absolute Gasteiger partial charge is 0.348 e. The molecule has 0 aliphatic rings. The number of ketones is 1. The number of benzene rings is 2. The average molecular weight is 360 g/mol. The first-order chi connectivity index (χ1) is 13.0. The summed E-state index contributed by atoms with van der Waals surface area (Å²) in [5, 5.41) is 5.96. The molecule has 0 aliphatic carbocycles. The lowest BCUT2D eigenvalue weighted by atomic mass is 10.1. The molecule has 0 radical (unpaired) electrons. The summed E-state index contributed by atoms with van der Waals surface area (Å²) in [7, 11) is 0. The highest BCUT2D eigenvalue weighted by Crippen LogP contribution is 2.16. The number of aromatic nitrogens is 2. The number of rotatable bonds is 6. The van der Waals surface area contributed by atoms with Crippen molar-refractivity contribution in [3.8, 4) is 0 Å². The number of hydrogen-bond donors (Lipinski definition) is 2. The monoisotopic (exact) mass is 360 g/mol. The summed E-state index contributed by atoms with van der Waals surface area (Å²) in [6.07, 6.45) is 2.96. The van der Waals surface area contributed by atoms with Gasteiger partial charge in [-0.1, -0.05) is 30.3 Å². The maximum atomic E-state index is 12.3. The Morgan fingerprint density at radius 2 is 1.52 bits per heavy atom. The van der Waals surface area contributed by atoms with Crippen molar-refractivity contribution in [2.75, 3.05) is 10.6 Å². The highest BCUT2D eigenvalue weighted by Gasteiger charge is 2.10. The van der Waals surface area contributed by atoms with Crippen molar-refractivity contribution < 1.29 is 9.59 Å². The van der Waals surface area contributed by atoms with Crippen LogP contribution in [0.4, 0.5) is 11.6 Å². The van der Waals surface area contributed by atoms with Crippen LogP contribution in [-0.4, -0.2) is 21.7 Å². The number of nitrogens with zero attached hydrogens (tertiary/aromatic N) is 2. The van der Waals surface area contributed by atoms with Crippen molar-refractivity contribution in [2.45, 2.75) is 19.9 Å². The molecule has 2 N–H and O–H groups in total. The van der Waals surface area contributed by atoms with Gasteiger partial charge in [0.2, 0.25) is 5.95 Å². The van der Waals surface area contributed by atoms with E-state index >= 15 is 0 Å². The molecule has 1 heterocycles. The van der Waals surface area contributed by atoms with Gasteiger partial charge in [0.25, 0.3) is 5.91 Å². The van der Waals surface area contributed by atoms with Gasteiger partial charge >= 0.3 is 0 Å². The molecule has 1 amide bonds. The second kappa shape index (κ2) is 8.23. The maximum absolute atomic E-state index is 12.3. The minimum atomic E-state index is -0.312. The van der Waals surface area contributed by atoms with Crippen LogP contribution >= 0.6 is 0 Å². The predicted molar refractivity (Wildman–Crippen MR) is 105 cm³/mol. The van der Waals surface area contributed by atoms with E-state index < -0.39 is 0 Å². The molecule has 1 unspecified atom stereocenters. The first-order valence-electron chi connectivity index (χ1n) is 8.59. The van der Waals surface area contributed by atoms with Crippen molar-refractivity contribution in [1.29, 1.82) is 0 Å². The summed E-state index contributed by atoms with van der Waals surface area (Å²) >= 11 is 0. The van der Waals surface area contributed by atoms with Crippen LogP contribution in [0.15, 0.2) is 67.0 Å². The van der Waals surface area contributed by atoms with Crippen molar-refractivity contribution in [3.63, 3.8) is 0 Å². The molecule has 0 spiro atoms. The summed E-state index contributed by atoms with van der Waals surface area (Å²) in [4.78, 5) is 32.0. The second-order valence-corrected chi connectivity index (χ2v) is 6.16. The zero-order chi connectivity index (χ0) is 19.2. The van der Waals surface area contributed by atoms with E-state index in [0.29, 0.717) is 22.8 Å². The van der Waals surface area contributed by atoms with Crippen LogP contribution in [0.3, 0.4) is 0 Å². The normalized spacial score (nSPS) is 11.5. The third-order valence-electron chi connectivity index (χ3n) is 4.11. The van der Waals surface area contributed by atoms with Gasteiger partial charge in [-0.2, -0.15) is 0 Å². The fraction of sp³-hybridized carbons (Fsp3) is 0.143. The lowest BCUT2D eigenvalue weighted by Gasteiger charge is -2.14.